The second-order valence-electron chi connectivity index (χ2n) is 8.35. The smallest absolute Gasteiger partial charge is 0.293 e. The monoisotopic (exact) mass is 485 g/mol. The normalized spacial score (nSPS) is 12.1. The molecule has 1 amide bonds. The number of imidazole rings is 1. The molecule has 0 aliphatic carbocycles. The van der Waals surface area contributed by atoms with Crippen molar-refractivity contribution < 1.29 is 17.6 Å². The molecule has 0 saturated carbocycles. The fourth-order valence-electron chi connectivity index (χ4n) is 3.10. The van der Waals surface area contributed by atoms with Crippen LogP contribution in [0.5, 0.6) is 0 Å². The van der Waals surface area contributed by atoms with E-state index in [0.717, 1.165) is 10.4 Å². The Hall–Kier alpha value is -3.28. The first-order valence-electron chi connectivity index (χ1n) is 10.0. The van der Waals surface area contributed by atoms with Crippen LogP contribution in [0.2, 0.25) is 0 Å². The quantitative estimate of drug-likeness (QED) is 0.424. The Morgan fingerprint density at radius 1 is 1.12 bits per heavy atom. The zero-order chi connectivity index (χ0) is 23.8. The minimum absolute atomic E-state index is 0.140. The van der Waals surface area contributed by atoms with E-state index < -0.39 is 21.5 Å². The number of carbonyl (C=O) groups is 1. The van der Waals surface area contributed by atoms with Crippen molar-refractivity contribution in [3.63, 3.8) is 0 Å². The van der Waals surface area contributed by atoms with E-state index in [-0.39, 0.29) is 10.9 Å². The van der Waals surface area contributed by atoms with Crippen LogP contribution in [0.25, 0.3) is 22.0 Å². The lowest BCUT2D eigenvalue weighted by atomic mass is 10.1. The summed E-state index contributed by atoms with van der Waals surface area (Å²) in [5, 5.41) is 2.71. The van der Waals surface area contributed by atoms with Gasteiger partial charge in [0.15, 0.2) is 16.7 Å². The molecule has 1 aromatic carbocycles. The molecular formula is C22H23N5O4S2. The van der Waals surface area contributed by atoms with Gasteiger partial charge in [-0.3, -0.25) is 10.1 Å². The molecule has 0 spiro atoms. The van der Waals surface area contributed by atoms with Crippen molar-refractivity contribution in [3.8, 4) is 22.0 Å². The highest BCUT2D eigenvalue weighted by atomic mass is 32.2. The molecule has 0 atom stereocenters. The van der Waals surface area contributed by atoms with Crippen molar-refractivity contribution >= 4 is 32.4 Å². The molecule has 0 radical (unpaired) electrons. The maximum atomic E-state index is 12.8. The van der Waals surface area contributed by atoms with Gasteiger partial charge >= 0.3 is 0 Å². The van der Waals surface area contributed by atoms with Crippen LogP contribution < -0.4 is 10.0 Å². The molecule has 3 aromatic heterocycles. The Labute approximate surface area is 195 Å². The molecule has 33 heavy (non-hydrogen) atoms. The Balaban J connectivity index is 1.63. The molecule has 9 nitrogen and oxygen atoms in total. The van der Waals surface area contributed by atoms with Gasteiger partial charge in [-0.2, -0.15) is 0 Å². The van der Waals surface area contributed by atoms with Gasteiger partial charge in [-0.25, -0.2) is 23.1 Å². The van der Waals surface area contributed by atoms with Crippen molar-refractivity contribution in [2.45, 2.75) is 31.4 Å². The Bertz CT molecular complexity index is 1400. The summed E-state index contributed by atoms with van der Waals surface area (Å²) in [6.07, 6.45) is 3.52. The topological polar surface area (TPSA) is 119 Å². The van der Waals surface area contributed by atoms with Crippen LogP contribution in [-0.4, -0.2) is 34.4 Å². The first kappa shape index (κ1) is 22.9. The minimum Gasteiger partial charge on any atom is -0.438 e. The number of nitrogens with zero attached hydrogens (tertiary/aromatic N) is 3. The zero-order valence-corrected chi connectivity index (χ0v) is 20.1. The van der Waals surface area contributed by atoms with Crippen LogP contribution in [-0.2, 0) is 17.1 Å². The minimum atomic E-state index is -3.90. The lowest BCUT2D eigenvalue weighted by molar-refractivity contribution is 0.0991. The molecule has 0 aliphatic heterocycles. The van der Waals surface area contributed by atoms with Crippen molar-refractivity contribution in [1.29, 1.82) is 0 Å². The molecule has 4 aromatic rings. The second kappa shape index (κ2) is 8.58. The third-order valence-corrected chi connectivity index (χ3v) is 7.03. The van der Waals surface area contributed by atoms with Crippen molar-refractivity contribution in [1.82, 2.24) is 19.3 Å². The molecule has 3 heterocycles. The molecule has 0 aliphatic rings. The first-order valence-corrected chi connectivity index (χ1v) is 12.3. The number of amides is 1. The lowest BCUT2D eigenvalue weighted by Gasteiger charge is -2.18. The molecule has 0 unspecified atom stereocenters. The van der Waals surface area contributed by atoms with Crippen molar-refractivity contribution in [2.24, 2.45) is 7.05 Å². The fraction of sp³-hybridized carbons (Fsp3) is 0.227. The highest BCUT2D eigenvalue weighted by molar-refractivity contribution is 7.89. The summed E-state index contributed by atoms with van der Waals surface area (Å²) in [5.74, 6) is -0.0299. The second-order valence-corrected chi connectivity index (χ2v) is 11.0. The number of hydrogen-bond acceptors (Lipinski definition) is 7. The van der Waals surface area contributed by atoms with E-state index in [1.54, 1.807) is 27.0 Å². The zero-order valence-electron chi connectivity index (χ0n) is 18.5. The SMILES string of the molecule is Cn1ccnc1-c1sc(NC(=O)c2ccc(S(=O)(=O)NC(C)(C)C)o2)nc1-c1ccccc1. The van der Waals surface area contributed by atoms with Crippen LogP contribution in [0.1, 0.15) is 31.3 Å². The molecule has 172 valence electrons. The molecule has 2 N–H and O–H groups in total. The number of sulfonamides is 1. The average molecular weight is 486 g/mol. The summed E-state index contributed by atoms with van der Waals surface area (Å²) in [5.41, 5.74) is 0.874. The maximum absolute atomic E-state index is 12.8. The van der Waals surface area contributed by atoms with Crippen molar-refractivity contribution in [2.75, 3.05) is 5.32 Å². The van der Waals surface area contributed by atoms with E-state index in [0.29, 0.717) is 16.6 Å². The van der Waals surface area contributed by atoms with Gasteiger partial charge in [0.25, 0.3) is 15.9 Å². The number of aromatic nitrogens is 3. The van der Waals surface area contributed by atoms with Gasteiger partial charge in [0.05, 0.1) is 10.6 Å². The van der Waals surface area contributed by atoms with E-state index in [1.165, 1.54) is 23.5 Å². The lowest BCUT2D eigenvalue weighted by Crippen LogP contribution is -2.40. The van der Waals surface area contributed by atoms with Gasteiger partial charge in [-0.05, 0) is 32.9 Å². The third-order valence-electron chi connectivity index (χ3n) is 4.43. The molecular weight excluding hydrogens is 462 g/mol. The van der Waals surface area contributed by atoms with Crippen LogP contribution in [0.3, 0.4) is 0 Å². The number of furan rings is 1. The van der Waals surface area contributed by atoms with Gasteiger partial charge in [-0.15, -0.1) is 0 Å². The van der Waals surface area contributed by atoms with Gasteiger partial charge in [0.2, 0.25) is 5.09 Å². The summed E-state index contributed by atoms with van der Waals surface area (Å²) in [6, 6.07) is 12.2. The molecule has 4 rings (SSSR count). The Kier molecular flexibility index (Phi) is 5.95. The third kappa shape index (κ3) is 5.05. The molecule has 0 bridgehead atoms. The molecule has 0 fully saturated rings. The summed E-state index contributed by atoms with van der Waals surface area (Å²) in [4.78, 5) is 22.6. The molecule has 0 saturated heterocycles. The predicted molar refractivity (Wildman–Crippen MR) is 126 cm³/mol. The van der Waals surface area contributed by atoms with E-state index in [2.05, 4.69) is 20.0 Å². The summed E-state index contributed by atoms with van der Waals surface area (Å²) in [7, 11) is -2.02. The maximum Gasteiger partial charge on any atom is 0.293 e. The predicted octanol–water partition coefficient (Wildman–Crippen LogP) is 4.13. The van der Waals surface area contributed by atoms with Gasteiger partial charge < -0.3 is 8.98 Å². The number of nitrogens with one attached hydrogen (secondary N) is 2. The van der Waals surface area contributed by atoms with Gasteiger partial charge in [0.1, 0.15) is 0 Å². The highest BCUT2D eigenvalue weighted by Gasteiger charge is 2.27. The van der Waals surface area contributed by atoms with Gasteiger partial charge in [-0.1, -0.05) is 41.7 Å². The Morgan fingerprint density at radius 3 is 2.48 bits per heavy atom. The number of anilines is 1. The van der Waals surface area contributed by atoms with E-state index in [1.807, 2.05) is 48.1 Å². The van der Waals surface area contributed by atoms with Crippen molar-refractivity contribution in [3.05, 3.63) is 60.6 Å². The van der Waals surface area contributed by atoms with Crippen LogP contribution in [0.4, 0.5) is 5.13 Å². The average Bonchev–Trinajstić information content (AvgIpc) is 3.46. The molecule has 11 heteroatoms. The highest BCUT2D eigenvalue weighted by Crippen LogP contribution is 2.38. The van der Waals surface area contributed by atoms with E-state index in [4.69, 9.17) is 4.42 Å². The van der Waals surface area contributed by atoms with E-state index >= 15 is 0 Å². The number of carbonyl (C=O) groups excluding carboxylic acids is 1. The number of benzene rings is 1. The largest absolute Gasteiger partial charge is 0.438 e. The number of aryl methyl sites for hydroxylation is 1. The number of thiazole rings is 1. The van der Waals surface area contributed by atoms with Gasteiger partial charge in [0, 0.05) is 30.5 Å². The van der Waals surface area contributed by atoms with Crippen LogP contribution in [0.15, 0.2) is 64.4 Å². The number of hydrogen-bond donors (Lipinski definition) is 2. The standard InChI is InChI=1S/C22H23N5O4S2/c1-22(2,3)26-33(29,30)16-11-10-15(31-16)20(28)25-21-24-17(14-8-6-5-7-9-14)18(32-21)19-23-12-13-27(19)4/h5-13,26H,1-4H3,(H,24,25,28). The fourth-order valence-corrected chi connectivity index (χ4v) is 5.48. The summed E-state index contributed by atoms with van der Waals surface area (Å²) < 4.78 is 34.6. The van der Waals surface area contributed by atoms with E-state index in [9.17, 15) is 13.2 Å². The summed E-state index contributed by atoms with van der Waals surface area (Å²) >= 11 is 1.27. The number of rotatable bonds is 6. The van der Waals surface area contributed by atoms with Crippen LogP contribution >= 0.6 is 11.3 Å². The summed E-state index contributed by atoms with van der Waals surface area (Å²) in [6.45, 7) is 5.15. The Morgan fingerprint density at radius 2 is 1.85 bits per heavy atom. The van der Waals surface area contributed by atoms with Crippen LogP contribution in [0, 0.1) is 0 Å². The first-order chi connectivity index (χ1) is 15.5.